The molecule has 1 atom stereocenters. The van der Waals surface area contributed by atoms with Crippen LogP contribution >= 0.6 is 0 Å². The molecule has 0 heterocycles. The van der Waals surface area contributed by atoms with Gasteiger partial charge in [-0.1, -0.05) is 19.1 Å². The Morgan fingerprint density at radius 1 is 1.32 bits per heavy atom. The van der Waals surface area contributed by atoms with Crippen molar-refractivity contribution < 1.29 is 14.3 Å². The average Bonchev–Trinajstić information content (AvgIpc) is 2.45. The van der Waals surface area contributed by atoms with E-state index < -0.39 is 0 Å². The number of carbonyl (C=O) groups excluding carboxylic acids is 1. The van der Waals surface area contributed by atoms with E-state index in [0.29, 0.717) is 43.4 Å². The monoisotopic (exact) mass is 265 g/mol. The second-order valence-corrected chi connectivity index (χ2v) is 4.64. The lowest BCUT2D eigenvalue weighted by Gasteiger charge is -2.11. The quantitative estimate of drug-likeness (QED) is 0.549. The van der Waals surface area contributed by atoms with Crippen LogP contribution in [0.25, 0.3) is 0 Å². The third-order valence-electron chi connectivity index (χ3n) is 3.00. The SMILES string of the molecule is COCCOc1ccccc1C(=O)CCC(C)CN. The van der Waals surface area contributed by atoms with Crippen LogP contribution in [0.2, 0.25) is 0 Å². The van der Waals surface area contributed by atoms with Crippen molar-refractivity contribution in [2.24, 2.45) is 11.7 Å². The first-order chi connectivity index (χ1) is 9.19. The van der Waals surface area contributed by atoms with Crippen LogP contribution in [0.5, 0.6) is 5.75 Å². The van der Waals surface area contributed by atoms with E-state index in [4.69, 9.17) is 15.2 Å². The molecule has 0 radical (unpaired) electrons. The van der Waals surface area contributed by atoms with Gasteiger partial charge in [0.25, 0.3) is 0 Å². The summed E-state index contributed by atoms with van der Waals surface area (Å²) in [6, 6.07) is 7.33. The summed E-state index contributed by atoms with van der Waals surface area (Å²) in [5.74, 6) is 1.10. The van der Waals surface area contributed by atoms with E-state index in [9.17, 15) is 4.79 Å². The van der Waals surface area contributed by atoms with E-state index in [0.717, 1.165) is 6.42 Å². The summed E-state index contributed by atoms with van der Waals surface area (Å²) in [7, 11) is 1.62. The number of ketones is 1. The van der Waals surface area contributed by atoms with E-state index in [1.165, 1.54) is 0 Å². The molecule has 0 fully saturated rings. The molecular formula is C15H23NO3. The van der Waals surface area contributed by atoms with Crippen molar-refractivity contribution in [3.05, 3.63) is 29.8 Å². The van der Waals surface area contributed by atoms with Crippen LogP contribution < -0.4 is 10.5 Å². The van der Waals surface area contributed by atoms with Gasteiger partial charge in [0, 0.05) is 13.5 Å². The molecule has 0 aromatic heterocycles. The molecule has 106 valence electrons. The van der Waals surface area contributed by atoms with Crippen molar-refractivity contribution >= 4 is 5.78 Å². The summed E-state index contributed by atoms with van der Waals surface area (Å²) in [6.45, 7) is 3.61. The Bertz CT molecular complexity index is 393. The van der Waals surface area contributed by atoms with Crippen molar-refractivity contribution in [1.82, 2.24) is 0 Å². The number of carbonyl (C=O) groups is 1. The number of para-hydroxylation sites is 1. The molecule has 0 bridgehead atoms. The number of hydrogen-bond donors (Lipinski definition) is 1. The molecule has 1 aromatic rings. The summed E-state index contributed by atoms with van der Waals surface area (Å²) in [4.78, 5) is 12.2. The molecule has 0 saturated carbocycles. The number of hydrogen-bond acceptors (Lipinski definition) is 4. The topological polar surface area (TPSA) is 61.5 Å². The largest absolute Gasteiger partial charge is 0.490 e. The van der Waals surface area contributed by atoms with Gasteiger partial charge < -0.3 is 15.2 Å². The highest BCUT2D eigenvalue weighted by Gasteiger charge is 2.13. The molecule has 0 spiro atoms. The van der Waals surface area contributed by atoms with Gasteiger partial charge in [0.1, 0.15) is 12.4 Å². The molecule has 19 heavy (non-hydrogen) atoms. The Morgan fingerprint density at radius 3 is 2.74 bits per heavy atom. The maximum Gasteiger partial charge on any atom is 0.166 e. The third-order valence-corrected chi connectivity index (χ3v) is 3.00. The van der Waals surface area contributed by atoms with Crippen molar-refractivity contribution in [2.75, 3.05) is 26.9 Å². The zero-order chi connectivity index (χ0) is 14.1. The Hall–Kier alpha value is -1.39. The van der Waals surface area contributed by atoms with Gasteiger partial charge in [0.15, 0.2) is 5.78 Å². The Labute approximate surface area is 114 Å². The summed E-state index contributed by atoms with van der Waals surface area (Å²) >= 11 is 0. The molecule has 0 amide bonds. The standard InChI is InChI=1S/C15H23NO3/c1-12(11-16)7-8-14(17)13-5-3-4-6-15(13)19-10-9-18-2/h3-6,12H,7-11,16H2,1-2H3. The molecule has 4 nitrogen and oxygen atoms in total. The van der Waals surface area contributed by atoms with Gasteiger partial charge in [-0.3, -0.25) is 4.79 Å². The van der Waals surface area contributed by atoms with Gasteiger partial charge in [-0.25, -0.2) is 0 Å². The number of Topliss-reactive ketones (excluding diaryl/α,β-unsaturated/α-hetero) is 1. The zero-order valence-corrected chi connectivity index (χ0v) is 11.7. The van der Waals surface area contributed by atoms with E-state index in [2.05, 4.69) is 0 Å². The molecule has 0 aliphatic carbocycles. The van der Waals surface area contributed by atoms with E-state index in [-0.39, 0.29) is 5.78 Å². The number of nitrogens with two attached hydrogens (primary N) is 1. The molecule has 4 heteroatoms. The summed E-state index contributed by atoms with van der Waals surface area (Å²) in [5.41, 5.74) is 6.20. The Morgan fingerprint density at radius 2 is 2.05 bits per heavy atom. The highest BCUT2D eigenvalue weighted by molar-refractivity contribution is 5.98. The van der Waals surface area contributed by atoms with Crippen molar-refractivity contribution in [1.29, 1.82) is 0 Å². The lowest BCUT2D eigenvalue weighted by molar-refractivity contribution is 0.0967. The predicted octanol–water partition coefficient (Wildman–Crippen LogP) is 2.27. The Kier molecular flexibility index (Phi) is 7.15. The smallest absolute Gasteiger partial charge is 0.166 e. The van der Waals surface area contributed by atoms with Crippen LogP contribution in [0.4, 0.5) is 0 Å². The molecule has 0 aliphatic rings. The molecule has 1 unspecified atom stereocenters. The number of methoxy groups -OCH3 is 1. The van der Waals surface area contributed by atoms with Crippen LogP contribution in [-0.4, -0.2) is 32.7 Å². The first-order valence-electron chi connectivity index (χ1n) is 6.63. The van der Waals surface area contributed by atoms with E-state index >= 15 is 0 Å². The second kappa shape index (κ2) is 8.67. The summed E-state index contributed by atoms with van der Waals surface area (Å²) in [5, 5.41) is 0. The predicted molar refractivity (Wildman–Crippen MR) is 75.6 cm³/mol. The number of ether oxygens (including phenoxy) is 2. The average molecular weight is 265 g/mol. The van der Waals surface area contributed by atoms with Crippen molar-refractivity contribution in [3.8, 4) is 5.75 Å². The highest BCUT2D eigenvalue weighted by atomic mass is 16.5. The normalized spacial score (nSPS) is 12.2. The lowest BCUT2D eigenvalue weighted by Crippen LogP contribution is -2.13. The van der Waals surface area contributed by atoms with Gasteiger partial charge in [-0.15, -0.1) is 0 Å². The molecule has 1 aromatic carbocycles. The lowest BCUT2D eigenvalue weighted by atomic mass is 9.99. The molecular weight excluding hydrogens is 242 g/mol. The minimum atomic E-state index is 0.105. The number of rotatable bonds is 9. The third kappa shape index (κ3) is 5.41. The van der Waals surface area contributed by atoms with Crippen LogP contribution in [-0.2, 0) is 4.74 Å². The fraction of sp³-hybridized carbons (Fsp3) is 0.533. The van der Waals surface area contributed by atoms with Crippen LogP contribution in [0, 0.1) is 5.92 Å². The van der Waals surface area contributed by atoms with Crippen LogP contribution in [0.1, 0.15) is 30.1 Å². The van der Waals surface area contributed by atoms with Crippen LogP contribution in [0.15, 0.2) is 24.3 Å². The molecule has 1 rings (SSSR count). The molecule has 0 saturated heterocycles. The fourth-order valence-corrected chi connectivity index (χ4v) is 1.69. The van der Waals surface area contributed by atoms with E-state index in [1.54, 1.807) is 13.2 Å². The van der Waals surface area contributed by atoms with Crippen molar-refractivity contribution in [3.63, 3.8) is 0 Å². The number of benzene rings is 1. The van der Waals surface area contributed by atoms with Gasteiger partial charge in [-0.05, 0) is 31.0 Å². The first kappa shape index (κ1) is 15.7. The van der Waals surface area contributed by atoms with Gasteiger partial charge in [0.05, 0.1) is 12.2 Å². The maximum atomic E-state index is 12.2. The molecule has 2 N–H and O–H groups in total. The minimum absolute atomic E-state index is 0.105. The van der Waals surface area contributed by atoms with Gasteiger partial charge >= 0.3 is 0 Å². The second-order valence-electron chi connectivity index (χ2n) is 4.64. The van der Waals surface area contributed by atoms with Crippen LogP contribution in [0.3, 0.4) is 0 Å². The minimum Gasteiger partial charge on any atom is -0.490 e. The first-order valence-corrected chi connectivity index (χ1v) is 6.63. The highest BCUT2D eigenvalue weighted by Crippen LogP contribution is 2.21. The van der Waals surface area contributed by atoms with Gasteiger partial charge in [0.2, 0.25) is 0 Å². The van der Waals surface area contributed by atoms with Crippen molar-refractivity contribution in [2.45, 2.75) is 19.8 Å². The summed E-state index contributed by atoms with van der Waals surface area (Å²) in [6.07, 6.45) is 1.31. The van der Waals surface area contributed by atoms with Gasteiger partial charge in [-0.2, -0.15) is 0 Å². The fourth-order valence-electron chi connectivity index (χ4n) is 1.69. The molecule has 0 aliphatic heterocycles. The summed E-state index contributed by atoms with van der Waals surface area (Å²) < 4.78 is 10.5. The maximum absolute atomic E-state index is 12.2. The van der Waals surface area contributed by atoms with E-state index in [1.807, 2.05) is 25.1 Å². The Balaban J connectivity index is 2.62. The zero-order valence-electron chi connectivity index (χ0n) is 11.7.